The molecule has 0 aliphatic carbocycles. The maximum Gasteiger partial charge on any atom is 0.304 e. The van der Waals surface area contributed by atoms with Crippen molar-refractivity contribution in [3.8, 4) is 0 Å². The number of nitrogens with zero attached hydrogens (tertiary/aromatic N) is 5. The first-order valence-corrected chi connectivity index (χ1v) is 12.9. The Kier molecular flexibility index (Phi) is 6.20. The minimum atomic E-state index is -4.00. The lowest BCUT2D eigenvalue weighted by molar-refractivity contribution is 0.0979. The second kappa shape index (κ2) is 9.17. The monoisotopic (exact) mass is 504 g/mol. The summed E-state index contributed by atoms with van der Waals surface area (Å²) in [5.74, 6) is -1.74. The highest BCUT2D eigenvalue weighted by molar-refractivity contribution is 7.87. The van der Waals surface area contributed by atoms with Gasteiger partial charge in [0.15, 0.2) is 0 Å². The molecule has 0 spiro atoms. The van der Waals surface area contributed by atoms with Crippen LogP contribution in [-0.2, 0) is 10.2 Å². The number of piperazine rings is 1. The van der Waals surface area contributed by atoms with Gasteiger partial charge in [-0.25, -0.2) is 18.0 Å². The summed E-state index contributed by atoms with van der Waals surface area (Å²) in [5, 5.41) is 4.18. The normalized spacial score (nSPS) is 20.0. The molecule has 5 rings (SSSR count). The van der Waals surface area contributed by atoms with E-state index >= 15 is 0 Å². The molecule has 1 N–H and O–H groups in total. The van der Waals surface area contributed by atoms with E-state index in [-0.39, 0.29) is 17.2 Å². The van der Waals surface area contributed by atoms with Crippen LogP contribution in [0.2, 0.25) is 0 Å². The predicted octanol–water partition coefficient (Wildman–Crippen LogP) is 2.18. The van der Waals surface area contributed by atoms with Crippen LogP contribution < -0.4 is 9.62 Å². The van der Waals surface area contributed by atoms with Crippen LogP contribution in [0, 0.1) is 11.6 Å². The van der Waals surface area contributed by atoms with Crippen LogP contribution in [-0.4, -0.2) is 72.9 Å². The average molecular weight is 505 g/mol. The Bertz CT molecular complexity index is 1370. The van der Waals surface area contributed by atoms with Gasteiger partial charge in [-0.15, -0.1) is 0 Å². The number of halogens is 2. The van der Waals surface area contributed by atoms with Crippen LogP contribution >= 0.6 is 0 Å². The van der Waals surface area contributed by atoms with Gasteiger partial charge in [-0.05, 0) is 50.2 Å². The van der Waals surface area contributed by atoms with Crippen molar-refractivity contribution in [2.75, 3.05) is 44.7 Å². The van der Waals surface area contributed by atoms with E-state index in [9.17, 15) is 22.0 Å². The number of hydrogen-bond donors (Lipinski definition) is 1. The van der Waals surface area contributed by atoms with Gasteiger partial charge in [-0.3, -0.25) is 4.79 Å². The Morgan fingerprint density at radius 2 is 1.86 bits per heavy atom. The minimum Gasteiger partial charge on any atom is -0.364 e. The van der Waals surface area contributed by atoms with E-state index in [0.717, 1.165) is 18.6 Å². The number of pyridine rings is 1. The van der Waals surface area contributed by atoms with E-state index in [4.69, 9.17) is 0 Å². The smallest absolute Gasteiger partial charge is 0.304 e. The van der Waals surface area contributed by atoms with E-state index < -0.39 is 27.8 Å². The Labute approximate surface area is 202 Å². The Hall–Kier alpha value is -3.09. The van der Waals surface area contributed by atoms with Crippen LogP contribution in [0.3, 0.4) is 0 Å². The van der Waals surface area contributed by atoms with E-state index in [1.165, 1.54) is 21.1 Å². The number of benzene rings is 1. The third-order valence-corrected chi connectivity index (χ3v) is 8.16. The van der Waals surface area contributed by atoms with Crippen LogP contribution in [0.25, 0.3) is 5.52 Å². The number of likely N-dealkylation sites (N-methyl/N-ethyl adjacent to an activating group) is 1. The van der Waals surface area contributed by atoms with Crippen molar-refractivity contribution >= 4 is 27.3 Å². The minimum absolute atomic E-state index is 0.109. The molecule has 2 aliphatic rings. The Morgan fingerprint density at radius 1 is 1.09 bits per heavy atom. The molecule has 35 heavy (non-hydrogen) atoms. The summed E-state index contributed by atoms with van der Waals surface area (Å²) in [4.78, 5) is 16.9. The van der Waals surface area contributed by atoms with Gasteiger partial charge in [0.1, 0.15) is 11.6 Å². The zero-order valence-corrected chi connectivity index (χ0v) is 20.0. The van der Waals surface area contributed by atoms with Gasteiger partial charge in [0.05, 0.1) is 23.3 Å². The number of hydrogen-bond acceptors (Lipinski definition) is 6. The molecule has 9 nitrogen and oxygen atoms in total. The van der Waals surface area contributed by atoms with E-state index in [1.807, 2.05) is 16.8 Å². The molecule has 1 aromatic carbocycles. The second-order valence-corrected chi connectivity index (χ2v) is 10.6. The number of anilines is 1. The van der Waals surface area contributed by atoms with Crippen molar-refractivity contribution in [2.45, 2.75) is 18.9 Å². The third kappa shape index (κ3) is 4.60. The maximum atomic E-state index is 14.5. The molecule has 2 aromatic heterocycles. The van der Waals surface area contributed by atoms with Crippen molar-refractivity contribution in [3.63, 3.8) is 0 Å². The van der Waals surface area contributed by atoms with E-state index in [0.29, 0.717) is 50.3 Å². The number of fused-ring (bicyclic) bond motifs is 1. The van der Waals surface area contributed by atoms with Gasteiger partial charge >= 0.3 is 10.2 Å². The zero-order valence-electron chi connectivity index (χ0n) is 19.2. The van der Waals surface area contributed by atoms with Crippen molar-refractivity contribution in [1.82, 2.24) is 23.5 Å². The molecule has 2 aliphatic heterocycles. The van der Waals surface area contributed by atoms with Gasteiger partial charge in [-0.2, -0.15) is 17.8 Å². The van der Waals surface area contributed by atoms with Crippen molar-refractivity contribution in [2.24, 2.45) is 0 Å². The van der Waals surface area contributed by atoms with Gasteiger partial charge in [-0.1, -0.05) is 0 Å². The van der Waals surface area contributed by atoms with E-state index in [1.54, 1.807) is 18.3 Å². The van der Waals surface area contributed by atoms with Gasteiger partial charge in [0.25, 0.3) is 5.91 Å². The summed E-state index contributed by atoms with van der Waals surface area (Å²) < 4.78 is 58.7. The lowest BCUT2D eigenvalue weighted by Crippen LogP contribution is -2.52. The van der Waals surface area contributed by atoms with Crippen LogP contribution in [0.5, 0.6) is 0 Å². The van der Waals surface area contributed by atoms with Crippen molar-refractivity contribution < 1.29 is 22.0 Å². The maximum absolute atomic E-state index is 14.5. The zero-order chi connectivity index (χ0) is 24.7. The molecule has 2 fully saturated rings. The fourth-order valence-corrected chi connectivity index (χ4v) is 5.87. The topological polar surface area (TPSA) is 90.3 Å². The molecular formula is C23H26F2N6O3S. The first-order valence-electron chi connectivity index (χ1n) is 11.4. The summed E-state index contributed by atoms with van der Waals surface area (Å²) in [5.41, 5.74) is 1.52. The molecule has 12 heteroatoms. The number of aromatic nitrogens is 2. The predicted molar refractivity (Wildman–Crippen MR) is 126 cm³/mol. The average Bonchev–Trinajstić information content (AvgIpc) is 3.47. The molecule has 186 valence electrons. The third-order valence-electron chi connectivity index (χ3n) is 6.68. The number of carbonyl (C=O) groups excluding carboxylic acids is 1. The highest BCUT2D eigenvalue weighted by atomic mass is 32.2. The molecule has 0 bridgehead atoms. The fourth-order valence-electron chi connectivity index (χ4n) is 4.76. The largest absolute Gasteiger partial charge is 0.364 e. The molecule has 2 saturated heterocycles. The molecular weight excluding hydrogens is 478 g/mol. The quantitative estimate of drug-likeness (QED) is 0.573. The van der Waals surface area contributed by atoms with Crippen LogP contribution in [0.1, 0.15) is 34.8 Å². The Balaban J connectivity index is 1.42. The standard InChI is InChI=1S/C23H26F2N6O3S/c1-28-9-11-29(12-10-28)35(33,34)27-23(32)19-15-26-31-8-6-17(14-22(19)31)30-7-2-3-21(30)18-13-16(24)4-5-20(18)25/h4-6,8,13-15,21H,2-3,7,9-12H2,1H3,(H,27,32). The number of rotatable bonds is 5. The number of nitrogens with one attached hydrogen (secondary N) is 1. The summed E-state index contributed by atoms with van der Waals surface area (Å²) >= 11 is 0. The summed E-state index contributed by atoms with van der Waals surface area (Å²) in [6.45, 7) is 2.39. The summed E-state index contributed by atoms with van der Waals surface area (Å²) in [6, 6.07) is 6.60. The SMILES string of the molecule is CN1CCN(S(=O)(=O)NC(=O)c2cnn3ccc(N4CCCC4c4cc(F)ccc4F)cc23)CC1. The fraction of sp³-hybridized carbons (Fsp3) is 0.391. The van der Waals surface area contributed by atoms with Crippen molar-refractivity contribution in [1.29, 1.82) is 0 Å². The Morgan fingerprint density at radius 3 is 2.63 bits per heavy atom. The molecule has 0 radical (unpaired) electrons. The van der Waals surface area contributed by atoms with Gasteiger partial charge in [0, 0.05) is 50.2 Å². The molecule has 4 heterocycles. The summed E-state index contributed by atoms with van der Waals surface area (Å²) in [6.07, 6.45) is 4.43. The molecule has 1 unspecified atom stereocenters. The van der Waals surface area contributed by atoms with E-state index in [2.05, 4.69) is 9.82 Å². The van der Waals surface area contributed by atoms with Gasteiger partial charge in [0.2, 0.25) is 0 Å². The molecule has 1 atom stereocenters. The summed E-state index contributed by atoms with van der Waals surface area (Å²) in [7, 11) is -2.09. The van der Waals surface area contributed by atoms with Crippen LogP contribution in [0.4, 0.5) is 14.5 Å². The highest BCUT2D eigenvalue weighted by Gasteiger charge is 2.31. The highest BCUT2D eigenvalue weighted by Crippen LogP contribution is 2.38. The number of amides is 1. The number of carbonyl (C=O) groups is 1. The lowest BCUT2D eigenvalue weighted by atomic mass is 10.0. The molecule has 1 amide bonds. The second-order valence-electron chi connectivity index (χ2n) is 8.93. The van der Waals surface area contributed by atoms with Crippen molar-refractivity contribution in [3.05, 3.63) is 65.5 Å². The molecule has 0 saturated carbocycles. The molecule has 3 aromatic rings. The lowest BCUT2D eigenvalue weighted by Gasteiger charge is -2.31. The van der Waals surface area contributed by atoms with Crippen LogP contribution in [0.15, 0.2) is 42.7 Å². The first-order chi connectivity index (χ1) is 16.7. The first kappa shape index (κ1) is 23.6. The van der Waals surface area contributed by atoms with Gasteiger partial charge < -0.3 is 9.80 Å².